The van der Waals surface area contributed by atoms with E-state index in [-0.39, 0.29) is 17.3 Å². The van der Waals surface area contributed by atoms with Crippen molar-refractivity contribution in [1.29, 1.82) is 0 Å². The molecule has 1 unspecified atom stereocenters. The monoisotopic (exact) mass is 296 g/mol. The molecule has 0 bridgehead atoms. The molecule has 1 N–H and O–H groups in total. The summed E-state index contributed by atoms with van der Waals surface area (Å²) in [7, 11) is 0. The summed E-state index contributed by atoms with van der Waals surface area (Å²) in [4.78, 5) is 14.1. The topological polar surface area (TPSA) is 50.8 Å². The van der Waals surface area contributed by atoms with Crippen molar-refractivity contribution in [2.45, 2.75) is 69.7 Å². The van der Waals surface area contributed by atoms with Crippen molar-refractivity contribution in [1.82, 2.24) is 10.2 Å². The van der Waals surface area contributed by atoms with Crippen molar-refractivity contribution in [3.05, 3.63) is 0 Å². The summed E-state index contributed by atoms with van der Waals surface area (Å²) in [5, 5.41) is 3.55. The van der Waals surface area contributed by atoms with Gasteiger partial charge >= 0.3 is 6.09 Å². The normalized spacial score (nSPS) is 32.0. The predicted molar refractivity (Wildman–Crippen MR) is 80.3 cm³/mol. The van der Waals surface area contributed by atoms with Crippen molar-refractivity contribution in [3.8, 4) is 0 Å². The number of hydrogen-bond acceptors (Lipinski definition) is 4. The molecule has 2 heterocycles. The standard InChI is InChI=1S/C16H28N2O3/c1-14(2,3)20-13(19)18-9-4-5-15(8-10-18)11-17-12-16(21-15)6-7-16/h17H,4-12H2,1-3H3. The fourth-order valence-electron chi connectivity index (χ4n) is 3.42. The summed E-state index contributed by atoms with van der Waals surface area (Å²) in [6.45, 7) is 9.14. The van der Waals surface area contributed by atoms with Gasteiger partial charge in [0.25, 0.3) is 0 Å². The number of nitrogens with one attached hydrogen (secondary N) is 1. The Morgan fingerprint density at radius 3 is 2.38 bits per heavy atom. The number of amides is 1. The molecule has 120 valence electrons. The lowest BCUT2D eigenvalue weighted by molar-refractivity contribution is -0.137. The molecule has 2 spiro atoms. The molecule has 21 heavy (non-hydrogen) atoms. The molecular weight excluding hydrogens is 268 g/mol. The maximum absolute atomic E-state index is 12.2. The van der Waals surface area contributed by atoms with Gasteiger partial charge in [0, 0.05) is 26.2 Å². The lowest BCUT2D eigenvalue weighted by Crippen LogP contribution is -2.55. The number of carbonyl (C=O) groups excluding carboxylic acids is 1. The number of morpholine rings is 1. The van der Waals surface area contributed by atoms with E-state index in [9.17, 15) is 4.79 Å². The first-order valence-corrected chi connectivity index (χ1v) is 8.21. The molecule has 3 rings (SSSR count). The van der Waals surface area contributed by atoms with E-state index in [1.807, 2.05) is 25.7 Å². The highest BCUT2D eigenvalue weighted by Gasteiger charge is 2.53. The van der Waals surface area contributed by atoms with Crippen LogP contribution in [0.1, 0.15) is 52.9 Å². The largest absolute Gasteiger partial charge is 0.444 e. The molecule has 0 aromatic heterocycles. The number of likely N-dealkylation sites (tertiary alicyclic amines) is 1. The van der Waals surface area contributed by atoms with E-state index in [0.717, 1.165) is 45.4 Å². The van der Waals surface area contributed by atoms with Crippen molar-refractivity contribution in [2.24, 2.45) is 0 Å². The lowest BCUT2D eigenvalue weighted by atomic mass is 9.92. The Bertz CT molecular complexity index is 414. The van der Waals surface area contributed by atoms with E-state index < -0.39 is 5.60 Å². The Balaban J connectivity index is 1.60. The fourth-order valence-corrected chi connectivity index (χ4v) is 3.42. The quantitative estimate of drug-likeness (QED) is 0.745. The molecule has 1 aliphatic carbocycles. The van der Waals surface area contributed by atoms with Crippen LogP contribution in [-0.4, -0.2) is 54.0 Å². The van der Waals surface area contributed by atoms with Crippen LogP contribution in [0.4, 0.5) is 4.79 Å². The minimum Gasteiger partial charge on any atom is -0.444 e. The molecule has 0 radical (unpaired) electrons. The smallest absolute Gasteiger partial charge is 0.410 e. The summed E-state index contributed by atoms with van der Waals surface area (Å²) >= 11 is 0. The first-order valence-electron chi connectivity index (χ1n) is 8.21. The Morgan fingerprint density at radius 1 is 1.10 bits per heavy atom. The highest BCUT2D eigenvalue weighted by atomic mass is 16.6. The third-order valence-corrected chi connectivity index (χ3v) is 4.68. The Hall–Kier alpha value is -0.810. The summed E-state index contributed by atoms with van der Waals surface area (Å²) in [5.41, 5.74) is -0.396. The van der Waals surface area contributed by atoms with Crippen LogP contribution in [0.15, 0.2) is 0 Å². The molecule has 5 heteroatoms. The highest BCUT2D eigenvalue weighted by molar-refractivity contribution is 5.68. The van der Waals surface area contributed by atoms with Crippen molar-refractivity contribution in [2.75, 3.05) is 26.2 Å². The van der Waals surface area contributed by atoms with E-state index in [0.29, 0.717) is 0 Å². The number of rotatable bonds is 0. The SMILES string of the molecule is CC(C)(C)OC(=O)N1CCCC2(CC1)CNCC1(CC1)O2. The van der Waals surface area contributed by atoms with Gasteiger partial charge in [0.05, 0.1) is 11.2 Å². The highest BCUT2D eigenvalue weighted by Crippen LogP contribution is 2.46. The van der Waals surface area contributed by atoms with Crippen LogP contribution in [0.3, 0.4) is 0 Å². The third kappa shape index (κ3) is 3.51. The molecule has 0 aromatic carbocycles. The Labute approximate surface area is 127 Å². The molecule has 5 nitrogen and oxygen atoms in total. The van der Waals surface area contributed by atoms with Crippen LogP contribution in [0, 0.1) is 0 Å². The average Bonchev–Trinajstić information content (AvgIpc) is 3.13. The number of carbonyl (C=O) groups is 1. The van der Waals surface area contributed by atoms with Gasteiger partial charge in [0.1, 0.15) is 5.60 Å². The van der Waals surface area contributed by atoms with Gasteiger partial charge in [0.15, 0.2) is 0 Å². The molecule has 1 saturated carbocycles. The second kappa shape index (κ2) is 5.13. The second-order valence-electron chi connectivity index (χ2n) is 7.89. The molecule has 3 aliphatic rings. The van der Waals surface area contributed by atoms with Gasteiger partial charge in [-0.1, -0.05) is 0 Å². The Morgan fingerprint density at radius 2 is 1.76 bits per heavy atom. The molecule has 1 amide bonds. The van der Waals surface area contributed by atoms with Gasteiger partial charge in [-0.25, -0.2) is 4.79 Å². The zero-order valence-corrected chi connectivity index (χ0v) is 13.5. The third-order valence-electron chi connectivity index (χ3n) is 4.68. The van der Waals surface area contributed by atoms with Crippen molar-refractivity contribution >= 4 is 6.09 Å². The van der Waals surface area contributed by atoms with E-state index >= 15 is 0 Å². The Kier molecular flexibility index (Phi) is 3.69. The van der Waals surface area contributed by atoms with Gasteiger partial charge in [-0.05, 0) is 52.9 Å². The molecular formula is C16H28N2O3. The maximum Gasteiger partial charge on any atom is 0.410 e. The lowest BCUT2D eigenvalue weighted by Gasteiger charge is -2.42. The molecule has 2 aliphatic heterocycles. The summed E-state index contributed by atoms with van der Waals surface area (Å²) in [6.07, 6.45) is 5.08. The summed E-state index contributed by atoms with van der Waals surface area (Å²) < 4.78 is 12.0. The summed E-state index contributed by atoms with van der Waals surface area (Å²) in [5.74, 6) is 0. The predicted octanol–water partition coefficient (Wildman–Crippen LogP) is 2.30. The minimum absolute atomic E-state index is 0.0779. The van der Waals surface area contributed by atoms with Crippen molar-refractivity contribution in [3.63, 3.8) is 0 Å². The van der Waals surface area contributed by atoms with Crippen LogP contribution in [0.5, 0.6) is 0 Å². The van der Waals surface area contributed by atoms with E-state index in [4.69, 9.17) is 9.47 Å². The minimum atomic E-state index is -0.429. The first-order chi connectivity index (χ1) is 9.82. The number of nitrogens with zero attached hydrogens (tertiary/aromatic N) is 1. The van der Waals surface area contributed by atoms with Crippen LogP contribution >= 0.6 is 0 Å². The second-order valence-corrected chi connectivity index (χ2v) is 7.89. The number of hydrogen-bond donors (Lipinski definition) is 1. The number of ether oxygens (including phenoxy) is 2. The average molecular weight is 296 g/mol. The zero-order chi connectivity index (χ0) is 15.1. The first kappa shape index (κ1) is 15.1. The van der Waals surface area contributed by atoms with Gasteiger partial charge in [-0.3, -0.25) is 0 Å². The fraction of sp³-hybridized carbons (Fsp3) is 0.938. The molecule has 0 aromatic rings. The van der Waals surface area contributed by atoms with E-state index in [1.165, 1.54) is 12.8 Å². The maximum atomic E-state index is 12.2. The van der Waals surface area contributed by atoms with Crippen LogP contribution in [0.25, 0.3) is 0 Å². The van der Waals surface area contributed by atoms with Crippen LogP contribution in [0.2, 0.25) is 0 Å². The van der Waals surface area contributed by atoms with E-state index in [1.54, 1.807) is 0 Å². The zero-order valence-electron chi connectivity index (χ0n) is 13.5. The molecule has 3 fully saturated rings. The van der Waals surface area contributed by atoms with Crippen LogP contribution in [-0.2, 0) is 9.47 Å². The molecule has 1 atom stereocenters. The summed E-state index contributed by atoms with van der Waals surface area (Å²) in [6, 6.07) is 0. The van der Waals surface area contributed by atoms with Gasteiger partial charge in [0.2, 0.25) is 0 Å². The molecule has 2 saturated heterocycles. The van der Waals surface area contributed by atoms with Crippen LogP contribution < -0.4 is 5.32 Å². The van der Waals surface area contributed by atoms with Gasteiger partial charge in [-0.15, -0.1) is 0 Å². The van der Waals surface area contributed by atoms with Gasteiger partial charge < -0.3 is 19.7 Å². The van der Waals surface area contributed by atoms with Crippen molar-refractivity contribution < 1.29 is 14.3 Å². The van der Waals surface area contributed by atoms with E-state index in [2.05, 4.69) is 5.32 Å². The van der Waals surface area contributed by atoms with Gasteiger partial charge in [-0.2, -0.15) is 0 Å².